The lowest BCUT2D eigenvalue weighted by molar-refractivity contribution is 0.0634. The number of aliphatic hydroxyl groups is 1. The Morgan fingerprint density at radius 1 is 1.60 bits per heavy atom. The summed E-state index contributed by atoms with van der Waals surface area (Å²) in [6.45, 7) is 6.59. The molecule has 1 aliphatic rings. The normalized spacial score (nSPS) is 48.0. The van der Waals surface area contributed by atoms with Gasteiger partial charge in [0, 0.05) is 0 Å². The zero-order chi connectivity index (χ0) is 7.78. The van der Waals surface area contributed by atoms with E-state index >= 15 is 0 Å². The average molecular weight is 142 g/mol. The predicted molar refractivity (Wildman–Crippen MR) is 42.8 cm³/mol. The summed E-state index contributed by atoms with van der Waals surface area (Å²) in [5, 5.41) is 9.62. The van der Waals surface area contributed by atoms with E-state index in [-0.39, 0.29) is 11.5 Å². The van der Waals surface area contributed by atoms with Crippen LogP contribution in [-0.2, 0) is 0 Å². The zero-order valence-corrected chi connectivity index (χ0v) is 7.22. The van der Waals surface area contributed by atoms with E-state index < -0.39 is 0 Å². The van der Waals surface area contributed by atoms with Gasteiger partial charge in [-0.3, -0.25) is 0 Å². The van der Waals surface area contributed by atoms with Crippen LogP contribution in [0.3, 0.4) is 0 Å². The van der Waals surface area contributed by atoms with Crippen molar-refractivity contribution in [1.82, 2.24) is 0 Å². The van der Waals surface area contributed by atoms with E-state index in [0.29, 0.717) is 0 Å². The second-order valence-corrected chi connectivity index (χ2v) is 4.07. The Hall–Kier alpha value is -0.0400. The van der Waals surface area contributed by atoms with Gasteiger partial charge in [-0.1, -0.05) is 20.8 Å². The maximum absolute atomic E-state index is 9.62. The molecule has 60 valence electrons. The third-order valence-electron chi connectivity index (χ3n) is 3.05. The monoisotopic (exact) mass is 142 g/mol. The Labute approximate surface area is 63.4 Å². The van der Waals surface area contributed by atoms with Crippen molar-refractivity contribution in [2.45, 2.75) is 46.1 Å². The Balaban J connectivity index is 2.61. The molecule has 0 heterocycles. The molecular formula is C9H18O. The van der Waals surface area contributed by atoms with E-state index in [4.69, 9.17) is 0 Å². The van der Waals surface area contributed by atoms with Gasteiger partial charge in [0.2, 0.25) is 0 Å². The van der Waals surface area contributed by atoms with Gasteiger partial charge < -0.3 is 5.11 Å². The van der Waals surface area contributed by atoms with Crippen LogP contribution in [0.2, 0.25) is 0 Å². The zero-order valence-electron chi connectivity index (χ0n) is 7.22. The molecule has 0 bridgehead atoms. The maximum Gasteiger partial charge on any atom is 0.0596 e. The molecular weight excluding hydrogens is 124 g/mol. The van der Waals surface area contributed by atoms with Crippen molar-refractivity contribution in [2.75, 3.05) is 0 Å². The van der Waals surface area contributed by atoms with E-state index in [9.17, 15) is 5.11 Å². The van der Waals surface area contributed by atoms with Gasteiger partial charge in [-0.15, -0.1) is 0 Å². The van der Waals surface area contributed by atoms with Crippen LogP contribution in [0.15, 0.2) is 0 Å². The fourth-order valence-corrected chi connectivity index (χ4v) is 2.06. The van der Waals surface area contributed by atoms with Crippen molar-refractivity contribution < 1.29 is 5.11 Å². The molecule has 1 saturated carbocycles. The van der Waals surface area contributed by atoms with Crippen molar-refractivity contribution in [3.05, 3.63) is 0 Å². The topological polar surface area (TPSA) is 20.2 Å². The lowest BCUT2D eigenvalue weighted by Gasteiger charge is -2.25. The Morgan fingerprint density at radius 3 is 2.40 bits per heavy atom. The molecule has 0 amide bonds. The molecule has 0 aromatic rings. The van der Waals surface area contributed by atoms with Gasteiger partial charge in [-0.25, -0.2) is 0 Å². The van der Waals surface area contributed by atoms with E-state index in [1.807, 2.05) is 0 Å². The highest BCUT2D eigenvalue weighted by Gasteiger charge is 2.39. The minimum absolute atomic E-state index is 0.0486. The van der Waals surface area contributed by atoms with Gasteiger partial charge in [0.25, 0.3) is 0 Å². The molecule has 1 nitrogen and oxygen atoms in total. The van der Waals surface area contributed by atoms with E-state index in [1.54, 1.807) is 0 Å². The molecule has 0 aromatic heterocycles. The SMILES string of the molecule is CCC1(C)CC(C)CC1O. The second-order valence-electron chi connectivity index (χ2n) is 4.07. The molecule has 1 heteroatoms. The fourth-order valence-electron chi connectivity index (χ4n) is 2.06. The van der Waals surface area contributed by atoms with Gasteiger partial charge in [0.15, 0.2) is 0 Å². The Bertz CT molecular complexity index is 122. The first-order chi connectivity index (χ1) is 4.58. The minimum atomic E-state index is -0.0486. The van der Waals surface area contributed by atoms with Crippen LogP contribution < -0.4 is 0 Å². The molecule has 1 fully saturated rings. The molecule has 3 unspecified atom stereocenters. The van der Waals surface area contributed by atoms with Gasteiger partial charge in [-0.2, -0.15) is 0 Å². The van der Waals surface area contributed by atoms with Crippen LogP contribution >= 0.6 is 0 Å². The summed E-state index contributed by atoms with van der Waals surface area (Å²) in [5.74, 6) is 0.722. The van der Waals surface area contributed by atoms with Crippen molar-refractivity contribution in [1.29, 1.82) is 0 Å². The molecule has 3 atom stereocenters. The predicted octanol–water partition coefficient (Wildman–Crippen LogP) is 2.19. The molecule has 0 aliphatic heterocycles. The molecule has 1 rings (SSSR count). The first-order valence-electron chi connectivity index (χ1n) is 4.26. The van der Waals surface area contributed by atoms with Crippen LogP contribution in [0, 0.1) is 11.3 Å². The van der Waals surface area contributed by atoms with Gasteiger partial charge in [-0.05, 0) is 30.6 Å². The smallest absolute Gasteiger partial charge is 0.0596 e. The number of hydrogen-bond acceptors (Lipinski definition) is 1. The summed E-state index contributed by atoms with van der Waals surface area (Å²) < 4.78 is 0. The van der Waals surface area contributed by atoms with Crippen molar-refractivity contribution in [2.24, 2.45) is 11.3 Å². The molecule has 0 radical (unpaired) electrons. The van der Waals surface area contributed by atoms with Gasteiger partial charge in [0.1, 0.15) is 0 Å². The fraction of sp³-hybridized carbons (Fsp3) is 1.00. The largest absolute Gasteiger partial charge is 0.393 e. The second kappa shape index (κ2) is 2.54. The number of hydrogen-bond donors (Lipinski definition) is 1. The summed E-state index contributed by atoms with van der Waals surface area (Å²) >= 11 is 0. The molecule has 0 saturated heterocycles. The first-order valence-corrected chi connectivity index (χ1v) is 4.26. The number of rotatable bonds is 1. The maximum atomic E-state index is 9.62. The third-order valence-corrected chi connectivity index (χ3v) is 3.05. The Morgan fingerprint density at radius 2 is 2.20 bits per heavy atom. The van der Waals surface area contributed by atoms with Crippen molar-refractivity contribution in [3.63, 3.8) is 0 Å². The van der Waals surface area contributed by atoms with Crippen LogP contribution in [-0.4, -0.2) is 11.2 Å². The van der Waals surface area contributed by atoms with Gasteiger partial charge >= 0.3 is 0 Å². The van der Waals surface area contributed by atoms with Crippen LogP contribution in [0.25, 0.3) is 0 Å². The van der Waals surface area contributed by atoms with Crippen molar-refractivity contribution in [3.8, 4) is 0 Å². The highest BCUT2D eigenvalue weighted by molar-refractivity contribution is 4.90. The molecule has 0 spiro atoms. The quantitative estimate of drug-likeness (QED) is 0.595. The summed E-state index contributed by atoms with van der Waals surface area (Å²) in [6.07, 6.45) is 3.26. The highest BCUT2D eigenvalue weighted by atomic mass is 16.3. The molecule has 0 aromatic carbocycles. The Kier molecular flexibility index (Phi) is 2.04. The summed E-state index contributed by atoms with van der Waals surface area (Å²) in [7, 11) is 0. The molecule has 1 N–H and O–H groups in total. The lowest BCUT2D eigenvalue weighted by atomic mass is 9.83. The van der Waals surface area contributed by atoms with Crippen LogP contribution in [0.1, 0.15) is 40.0 Å². The van der Waals surface area contributed by atoms with E-state index in [0.717, 1.165) is 18.8 Å². The average Bonchev–Trinajstić information content (AvgIpc) is 2.09. The van der Waals surface area contributed by atoms with Crippen LogP contribution in [0.4, 0.5) is 0 Å². The van der Waals surface area contributed by atoms with E-state index in [1.165, 1.54) is 6.42 Å². The molecule has 10 heavy (non-hydrogen) atoms. The third kappa shape index (κ3) is 1.20. The first kappa shape index (κ1) is 8.06. The summed E-state index contributed by atoms with van der Waals surface area (Å²) in [5.41, 5.74) is 0.222. The number of aliphatic hydroxyl groups excluding tert-OH is 1. The minimum Gasteiger partial charge on any atom is -0.393 e. The summed E-state index contributed by atoms with van der Waals surface area (Å²) in [6, 6.07) is 0. The van der Waals surface area contributed by atoms with E-state index in [2.05, 4.69) is 20.8 Å². The van der Waals surface area contributed by atoms with Crippen LogP contribution in [0.5, 0.6) is 0 Å². The highest BCUT2D eigenvalue weighted by Crippen LogP contribution is 2.43. The summed E-state index contributed by atoms with van der Waals surface area (Å²) in [4.78, 5) is 0. The lowest BCUT2D eigenvalue weighted by Crippen LogP contribution is -2.24. The van der Waals surface area contributed by atoms with Crippen molar-refractivity contribution >= 4 is 0 Å². The van der Waals surface area contributed by atoms with Gasteiger partial charge in [0.05, 0.1) is 6.10 Å². The molecule has 1 aliphatic carbocycles. The standard InChI is InChI=1S/C9H18O/c1-4-9(3)6-7(2)5-8(9)10/h7-8,10H,4-6H2,1-3H3.